The van der Waals surface area contributed by atoms with Crippen LogP contribution in [0.2, 0.25) is 0 Å². The molecule has 1 aliphatic heterocycles. The normalized spacial score (nSPS) is 15.0. The van der Waals surface area contributed by atoms with Crippen molar-refractivity contribution in [3.63, 3.8) is 0 Å². The number of carbonyl (C=O) groups is 3. The van der Waals surface area contributed by atoms with Crippen LogP contribution in [0.5, 0.6) is 5.75 Å². The SMILES string of the molecule is CCOC(=O)Cn1c(=NC(=O)CS(=O)(=O)CC(=O)N2CCOCC2)sc2cc(OC)ccc21. The molecule has 13 heteroatoms. The lowest BCUT2D eigenvalue weighted by Gasteiger charge is -2.26. The molecule has 2 heterocycles. The highest BCUT2D eigenvalue weighted by Crippen LogP contribution is 2.23. The fourth-order valence-corrected chi connectivity index (χ4v) is 5.40. The summed E-state index contributed by atoms with van der Waals surface area (Å²) < 4.78 is 42.4. The molecule has 0 bridgehead atoms. The molecule has 33 heavy (non-hydrogen) atoms. The van der Waals surface area contributed by atoms with Crippen molar-refractivity contribution in [2.75, 3.05) is 51.5 Å². The Morgan fingerprint density at radius 3 is 2.58 bits per heavy atom. The van der Waals surface area contributed by atoms with Crippen LogP contribution in [0.25, 0.3) is 10.2 Å². The van der Waals surface area contributed by atoms with Crippen LogP contribution in [0, 0.1) is 0 Å². The predicted molar refractivity (Wildman–Crippen MR) is 120 cm³/mol. The van der Waals surface area contributed by atoms with Gasteiger partial charge in [0.2, 0.25) is 5.91 Å². The van der Waals surface area contributed by atoms with Gasteiger partial charge in [-0.05, 0) is 25.1 Å². The van der Waals surface area contributed by atoms with E-state index in [0.717, 1.165) is 11.3 Å². The Morgan fingerprint density at radius 2 is 1.91 bits per heavy atom. The van der Waals surface area contributed by atoms with Gasteiger partial charge in [0.15, 0.2) is 14.6 Å². The number of ether oxygens (including phenoxy) is 3. The van der Waals surface area contributed by atoms with Gasteiger partial charge in [0.1, 0.15) is 23.8 Å². The molecule has 0 aliphatic carbocycles. The first kappa shape index (κ1) is 24.9. The highest BCUT2D eigenvalue weighted by molar-refractivity contribution is 7.92. The van der Waals surface area contributed by atoms with Crippen molar-refractivity contribution in [1.29, 1.82) is 0 Å². The lowest BCUT2D eigenvalue weighted by atomic mass is 10.3. The lowest BCUT2D eigenvalue weighted by molar-refractivity contribution is -0.143. The third-order valence-corrected chi connectivity index (χ3v) is 7.17. The summed E-state index contributed by atoms with van der Waals surface area (Å²) in [6.45, 7) is 2.98. The van der Waals surface area contributed by atoms with E-state index in [0.29, 0.717) is 42.3 Å². The summed E-state index contributed by atoms with van der Waals surface area (Å²) in [5.41, 5.74) is 0.616. The van der Waals surface area contributed by atoms with Crippen LogP contribution in [-0.4, -0.2) is 87.2 Å². The van der Waals surface area contributed by atoms with Crippen molar-refractivity contribution in [3.05, 3.63) is 23.0 Å². The first-order valence-corrected chi connectivity index (χ1v) is 12.8. The Bertz CT molecular complexity index is 1210. The highest BCUT2D eigenvalue weighted by Gasteiger charge is 2.25. The monoisotopic (exact) mass is 499 g/mol. The smallest absolute Gasteiger partial charge is 0.326 e. The van der Waals surface area contributed by atoms with Crippen molar-refractivity contribution >= 4 is 49.2 Å². The van der Waals surface area contributed by atoms with Crippen LogP contribution in [0.3, 0.4) is 0 Å². The molecule has 2 amide bonds. The largest absolute Gasteiger partial charge is 0.497 e. The average Bonchev–Trinajstić information content (AvgIpc) is 3.09. The Balaban J connectivity index is 1.84. The average molecular weight is 500 g/mol. The summed E-state index contributed by atoms with van der Waals surface area (Å²) in [6, 6.07) is 5.14. The van der Waals surface area contributed by atoms with Crippen LogP contribution in [0.1, 0.15) is 6.92 Å². The van der Waals surface area contributed by atoms with E-state index >= 15 is 0 Å². The van der Waals surface area contributed by atoms with Gasteiger partial charge in [0, 0.05) is 13.1 Å². The van der Waals surface area contributed by atoms with E-state index in [2.05, 4.69) is 4.99 Å². The van der Waals surface area contributed by atoms with Crippen molar-refractivity contribution in [2.45, 2.75) is 13.5 Å². The fraction of sp³-hybridized carbons (Fsp3) is 0.500. The molecule has 0 unspecified atom stereocenters. The highest BCUT2D eigenvalue weighted by atomic mass is 32.2. The van der Waals surface area contributed by atoms with Gasteiger partial charge >= 0.3 is 5.97 Å². The molecule has 0 N–H and O–H groups in total. The third-order valence-electron chi connectivity index (χ3n) is 4.75. The first-order chi connectivity index (χ1) is 15.7. The Hall–Kier alpha value is -2.77. The number of rotatable bonds is 8. The van der Waals surface area contributed by atoms with Crippen molar-refractivity contribution < 1.29 is 37.0 Å². The van der Waals surface area contributed by atoms with Crippen molar-refractivity contribution in [2.24, 2.45) is 4.99 Å². The second-order valence-electron chi connectivity index (χ2n) is 7.14. The number of carbonyl (C=O) groups excluding carboxylic acids is 3. The number of amides is 2. The van der Waals surface area contributed by atoms with Gasteiger partial charge < -0.3 is 23.7 Å². The van der Waals surface area contributed by atoms with E-state index in [9.17, 15) is 22.8 Å². The fourth-order valence-electron chi connectivity index (χ4n) is 3.22. The molecule has 0 spiro atoms. The Kier molecular flexibility index (Phi) is 8.21. The third kappa shape index (κ3) is 6.62. The van der Waals surface area contributed by atoms with Gasteiger partial charge in [-0.3, -0.25) is 14.4 Å². The maximum Gasteiger partial charge on any atom is 0.326 e. The van der Waals surface area contributed by atoms with E-state index in [1.807, 2.05) is 0 Å². The second kappa shape index (κ2) is 10.9. The van der Waals surface area contributed by atoms with Gasteiger partial charge in [-0.1, -0.05) is 11.3 Å². The van der Waals surface area contributed by atoms with E-state index in [1.54, 1.807) is 25.1 Å². The molecule has 1 fully saturated rings. The molecule has 1 aromatic heterocycles. The minimum atomic E-state index is -4.03. The van der Waals surface area contributed by atoms with Crippen LogP contribution in [-0.2, 0) is 40.2 Å². The molecule has 180 valence electrons. The van der Waals surface area contributed by atoms with Gasteiger partial charge in [-0.2, -0.15) is 4.99 Å². The standard InChI is InChI=1S/C20H25N3O8S2/c1-3-31-19(26)11-23-15-5-4-14(29-2)10-16(15)32-20(23)21-17(24)12-33(27,28)13-18(25)22-6-8-30-9-7-22/h4-5,10H,3,6-9,11-13H2,1-2H3. The first-order valence-electron chi connectivity index (χ1n) is 10.2. The summed E-state index contributed by atoms with van der Waals surface area (Å²) in [5, 5.41) is 0. The number of fused-ring (bicyclic) bond motifs is 1. The lowest BCUT2D eigenvalue weighted by Crippen LogP contribution is -2.43. The zero-order valence-electron chi connectivity index (χ0n) is 18.3. The summed E-state index contributed by atoms with van der Waals surface area (Å²) in [5.74, 6) is -3.14. The molecule has 1 aliphatic rings. The van der Waals surface area contributed by atoms with E-state index < -0.39 is 39.1 Å². The number of aromatic nitrogens is 1. The van der Waals surface area contributed by atoms with Gasteiger partial charge in [-0.15, -0.1) is 0 Å². The predicted octanol–water partition coefficient (Wildman–Crippen LogP) is -0.0246. The molecule has 0 atom stereocenters. The zero-order valence-corrected chi connectivity index (χ0v) is 19.9. The van der Waals surface area contributed by atoms with E-state index in [1.165, 1.54) is 16.6 Å². The number of hydrogen-bond donors (Lipinski definition) is 0. The van der Waals surface area contributed by atoms with E-state index in [4.69, 9.17) is 14.2 Å². The topological polar surface area (TPSA) is 134 Å². The van der Waals surface area contributed by atoms with Gasteiger partial charge in [-0.25, -0.2) is 8.42 Å². The molecule has 1 aromatic carbocycles. The molecule has 0 radical (unpaired) electrons. The minimum absolute atomic E-state index is 0.144. The zero-order chi connectivity index (χ0) is 24.0. The number of hydrogen-bond acceptors (Lipinski definition) is 9. The summed E-state index contributed by atoms with van der Waals surface area (Å²) >= 11 is 1.11. The van der Waals surface area contributed by atoms with Crippen LogP contribution in [0.15, 0.2) is 23.2 Å². The summed E-state index contributed by atoms with van der Waals surface area (Å²) in [6.07, 6.45) is 0. The van der Waals surface area contributed by atoms with Crippen LogP contribution >= 0.6 is 11.3 Å². The molecule has 0 saturated carbocycles. The molecular formula is C20H25N3O8S2. The number of thiazole rings is 1. The number of methoxy groups -OCH3 is 1. The maximum absolute atomic E-state index is 12.5. The van der Waals surface area contributed by atoms with Crippen molar-refractivity contribution in [1.82, 2.24) is 9.47 Å². The molecule has 1 saturated heterocycles. The minimum Gasteiger partial charge on any atom is -0.497 e. The quantitative estimate of drug-likeness (QED) is 0.463. The number of sulfone groups is 1. The van der Waals surface area contributed by atoms with E-state index in [-0.39, 0.29) is 18.0 Å². The summed E-state index contributed by atoms with van der Waals surface area (Å²) in [4.78, 5) is 42.3. The molecule has 11 nitrogen and oxygen atoms in total. The Labute approximate surface area is 194 Å². The maximum atomic E-state index is 12.5. The van der Waals surface area contributed by atoms with Crippen LogP contribution in [0.4, 0.5) is 0 Å². The number of morpholine rings is 1. The molecule has 2 aromatic rings. The summed E-state index contributed by atoms with van der Waals surface area (Å²) in [7, 11) is -2.51. The number of nitrogens with zero attached hydrogens (tertiary/aromatic N) is 3. The Morgan fingerprint density at radius 1 is 1.18 bits per heavy atom. The number of esters is 1. The van der Waals surface area contributed by atoms with Crippen molar-refractivity contribution in [3.8, 4) is 5.75 Å². The molecular weight excluding hydrogens is 474 g/mol. The number of benzene rings is 1. The van der Waals surface area contributed by atoms with Gasteiger partial charge in [0.05, 0.1) is 37.1 Å². The second-order valence-corrected chi connectivity index (χ2v) is 10.2. The molecule has 3 rings (SSSR count). The van der Waals surface area contributed by atoms with Gasteiger partial charge in [0.25, 0.3) is 5.91 Å². The van der Waals surface area contributed by atoms with Crippen LogP contribution < -0.4 is 9.54 Å².